The molecule has 0 amide bonds. The Balaban J connectivity index is 1.05. The first-order chi connectivity index (χ1) is 23.4. The van der Waals surface area contributed by atoms with Gasteiger partial charge in [0.15, 0.2) is 0 Å². The quantitative estimate of drug-likeness (QED) is 0.219. The van der Waals surface area contributed by atoms with E-state index in [0.717, 1.165) is 88.5 Å². The van der Waals surface area contributed by atoms with Crippen LogP contribution < -0.4 is 7.06 Å². The number of alkyl halides is 6. The fourth-order valence-corrected chi connectivity index (χ4v) is 21.0. The molecular formula is C35H42F6Ga2N2O4. The molecule has 0 N–H and O–H groups in total. The maximum atomic E-state index is 15.0. The van der Waals surface area contributed by atoms with Crippen molar-refractivity contribution in [2.24, 2.45) is 11.8 Å². The summed E-state index contributed by atoms with van der Waals surface area (Å²) in [4.78, 5) is 0. The van der Waals surface area contributed by atoms with Crippen molar-refractivity contribution in [3.05, 3.63) is 59.7 Å². The van der Waals surface area contributed by atoms with Gasteiger partial charge in [-0.05, 0) is 0 Å². The van der Waals surface area contributed by atoms with Crippen LogP contribution in [0.5, 0.6) is 11.5 Å². The van der Waals surface area contributed by atoms with E-state index in [4.69, 9.17) is 14.1 Å². The van der Waals surface area contributed by atoms with Crippen LogP contribution in [-0.2, 0) is 12.5 Å². The van der Waals surface area contributed by atoms with Gasteiger partial charge in [0.05, 0.1) is 0 Å². The van der Waals surface area contributed by atoms with Crippen molar-refractivity contribution >= 4 is 34.4 Å². The first-order valence-electron chi connectivity index (χ1n) is 17.9. The van der Waals surface area contributed by atoms with Gasteiger partial charge in [0.1, 0.15) is 0 Å². The van der Waals surface area contributed by atoms with Crippen molar-refractivity contribution in [1.82, 2.24) is 7.21 Å². The third kappa shape index (κ3) is 5.82. The van der Waals surface area contributed by atoms with Gasteiger partial charge in [0, 0.05) is 0 Å². The molecule has 2 aromatic carbocycles. The molecule has 49 heavy (non-hydrogen) atoms. The Morgan fingerprint density at radius 2 is 0.959 bits per heavy atom. The van der Waals surface area contributed by atoms with Crippen LogP contribution in [0.3, 0.4) is 0 Å². The van der Waals surface area contributed by atoms with E-state index in [2.05, 4.69) is 21.1 Å². The third-order valence-corrected chi connectivity index (χ3v) is 22.5. The Labute approximate surface area is 296 Å². The zero-order valence-corrected chi connectivity index (χ0v) is 32.6. The van der Waals surface area contributed by atoms with Gasteiger partial charge in [-0.25, -0.2) is 0 Å². The van der Waals surface area contributed by atoms with E-state index in [0.29, 0.717) is 23.9 Å². The molecule has 6 aliphatic rings. The van der Waals surface area contributed by atoms with E-state index >= 15 is 0 Å². The first kappa shape index (κ1) is 34.8. The number of hydrogen-bond acceptors (Lipinski definition) is 6. The molecule has 2 aromatic rings. The summed E-state index contributed by atoms with van der Waals surface area (Å²) in [6.45, 7) is 4.30. The normalized spacial score (nSPS) is 33.7. The molecule has 4 aliphatic heterocycles. The standard InChI is InChI=1S/C15H10F6O2.2C10H17NO.2Ga/c16-14(17,18)13(15(19,20)21,9-1-5-11(22)6-2-9)10-3-7-12(23)8-4-10;2*1-7-5-6-8-3-2-4-9(12)10(8)11-7;;/h1-8,22-23H;2*7-10H,2-6H2,1H3;;/q;2*-2;2*+3/p-2. The average molecular weight is 808 g/mol. The van der Waals surface area contributed by atoms with Gasteiger partial charge < -0.3 is 0 Å². The molecule has 2 aliphatic carbocycles. The van der Waals surface area contributed by atoms with E-state index in [9.17, 15) is 26.3 Å². The van der Waals surface area contributed by atoms with Crippen LogP contribution in [0.15, 0.2) is 48.5 Å². The Bertz CT molecular complexity index is 1390. The Kier molecular flexibility index (Phi) is 9.23. The summed E-state index contributed by atoms with van der Waals surface area (Å²) in [6.07, 6.45) is -0.445. The zero-order chi connectivity index (χ0) is 34.3. The van der Waals surface area contributed by atoms with Gasteiger partial charge in [-0.3, -0.25) is 0 Å². The molecule has 6 nitrogen and oxygen atoms in total. The van der Waals surface area contributed by atoms with Gasteiger partial charge in [0.25, 0.3) is 0 Å². The summed E-state index contributed by atoms with van der Waals surface area (Å²) in [6, 6.07) is 9.71. The monoisotopic (exact) mass is 806 g/mol. The fraction of sp³-hybridized carbons (Fsp3) is 0.657. The molecule has 14 heteroatoms. The van der Waals surface area contributed by atoms with E-state index in [1.54, 1.807) is 0 Å². The van der Waals surface area contributed by atoms with Gasteiger partial charge in [0.2, 0.25) is 0 Å². The van der Waals surface area contributed by atoms with Crippen LogP contribution in [0, 0.1) is 11.8 Å². The average Bonchev–Trinajstić information content (AvgIpc) is 3.61. The molecular weight excluding hydrogens is 766 g/mol. The minimum atomic E-state index is -5.68. The number of benzene rings is 2. The van der Waals surface area contributed by atoms with Gasteiger partial charge in [-0.1, -0.05) is 0 Å². The molecule has 264 valence electrons. The molecule has 6 fully saturated rings. The van der Waals surface area contributed by atoms with Crippen molar-refractivity contribution in [3.8, 4) is 11.5 Å². The van der Waals surface area contributed by atoms with Crippen LogP contribution >= 0.6 is 0 Å². The molecule has 0 radical (unpaired) electrons. The topological polar surface area (TPSA) is 43.4 Å². The van der Waals surface area contributed by atoms with E-state index in [1.165, 1.54) is 24.3 Å². The SMILES string of the molecule is CC1CCC2CCCC3[O][Ga]([O]c4ccc(C(c5ccc([O][Ga]6[O]C7CCCC8CCC(C)[N]6C87)cc5)(C(F)(F)F)C(F)(F)F)cc4)[N]1C23. The molecule has 8 unspecified atom stereocenters. The van der Waals surface area contributed by atoms with Crippen LogP contribution in [-0.4, -0.2) is 90.3 Å². The number of piperidine rings is 2. The van der Waals surface area contributed by atoms with Crippen molar-refractivity contribution in [3.63, 3.8) is 0 Å². The molecule has 0 bridgehead atoms. The van der Waals surface area contributed by atoms with Gasteiger partial charge >= 0.3 is 297 Å². The number of hydrogen-bond donors (Lipinski definition) is 0. The maximum absolute atomic E-state index is 15.0. The molecule has 4 heterocycles. The zero-order valence-electron chi connectivity index (χ0n) is 27.8. The van der Waals surface area contributed by atoms with E-state index in [1.807, 2.05) is 0 Å². The summed E-state index contributed by atoms with van der Waals surface area (Å²) >= 11 is -6.06. The second-order valence-corrected chi connectivity index (χ2v) is 22.3. The van der Waals surface area contributed by atoms with Crippen molar-refractivity contribution in [1.29, 1.82) is 0 Å². The summed E-state index contributed by atoms with van der Waals surface area (Å²) in [5.41, 5.74) is -6.08. The number of halogens is 6. The second-order valence-electron chi connectivity index (χ2n) is 15.1. The van der Waals surface area contributed by atoms with Crippen LogP contribution in [0.1, 0.15) is 89.2 Å². The van der Waals surface area contributed by atoms with Crippen LogP contribution in [0.4, 0.5) is 26.3 Å². The third-order valence-electron chi connectivity index (χ3n) is 12.4. The number of nitrogens with zero attached hydrogens (tertiary/aromatic N) is 2. The molecule has 0 spiro atoms. The predicted octanol–water partition coefficient (Wildman–Crippen LogP) is 7.93. The van der Waals surface area contributed by atoms with Crippen molar-refractivity contribution < 1.29 is 40.5 Å². The van der Waals surface area contributed by atoms with Gasteiger partial charge in [-0.2, -0.15) is 0 Å². The second kappa shape index (κ2) is 13.0. The van der Waals surface area contributed by atoms with Gasteiger partial charge in [-0.15, -0.1) is 0 Å². The molecule has 2 saturated carbocycles. The van der Waals surface area contributed by atoms with Crippen molar-refractivity contribution in [2.45, 2.75) is 132 Å². The Hall–Kier alpha value is -1.27. The fourth-order valence-electron chi connectivity index (χ4n) is 10.1. The summed E-state index contributed by atoms with van der Waals surface area (Å²) in [5.74, 6) is 1.57. The van der Waals surface area contributed by atoms with Crippen LogP contribution in [0.25, 0.3) is 0 Å². The molecule has 4 saturated heterocycles. The summed E-state index contributed by atoms with van der Waals surface area (Å²) < 4.78 is 120. The minimum absolute atomic E-state index is 0.0916. The summed E-state index contributed by atoms with van der Waals surface area (Å²) in [7, 11) is 0. The molecule has 0 aromatic heterocycles. The first-order valence-corrected chi connectivity index (χ1v) is 24.0. The number of rotatable bonds is 6. The van der Waals surface area contributed by atoms with Crippen molar-refractivity contribution in [2.75, 3.05) is 0 Å². The Morgan fingerprint density at radius 3 is 1.33 bits per heavy atom. The molecule has 8 atom stereocenters. The molecule has 8 rings (SSSR count). The predicted molar refractivity (Wildman–Crippen MR) is 172 cm³/mol. The van der Waals surface area contributed by atoms with E-state index in [-0.39, 0.29) is 35.8 Å². The Morgan fingerprint density at radius 1 is 0.571 bits per heavy atom. The van der Waals surface area contributed by atoms with E-state index < -0.39 is 63.3 Å². The van der Waals surface area contributed by atoms with Crippen LogP contribution in [0.2, 0.25) is 0 Å². The summed E-state index contributed by atoms with van der Waals surface area (Å²) in [5, 5.41) is 0.